The average Bonchev–Trinajstić information content (AvgIpc) is 3.24. The number of carbonyl (C=O) groups excluding carboxylic acids is 1. The molecule has 0 aliphatic carbocycles. The van der Waals surface area contributed by atoms with Gasteiger partial charge in [-0.15, -0.1) is 11.3 Å². The Morgan fingerprint density at radius 2 is 2.16 bits per heavy atom. The summed E-state index contributed by atoms with van der Waals surface area (Å²) >= 11 is 4.78. The van der Waals surface area contributed by atoms with Gasteiger partial charge >= 0.3 is 5.97 Å². The first-order valence-electron chi connectivity index (χ1n) is 7.30. The summed E-state index contributed by atoms with van der Waals surface area (Å²) in [7, 11) is 0. The molecule has 6 nitrogen and oxygen atoms in total. The van der Waals surface area contributed by atoms with Crippen LogP contribution in [0.5, 0.6) is 0 Å². The summed E-state index contributed by atoms with van der Waals surface area (Å²) in [6.45, 7) is 0. The molecule has 128 valence electrons. The third kappa shape index (κ3) is 4.15. The van der Waals surface area contributed by atoms with E-state index in [4.69, 9.17) is 9.52 Å². The molecule has 0 aliphatic rings. The van der Waals surface area contributed by atoms with Gasteiger partial charge in [-0.2, -0.15) is 0 Å². The first-order chi connectivity index (χ1) is 12.0. The van der Waals surface area contributed by atoms with Crippen LogP contribution in [0.3, 0.4) is 0 Å². The van der Waals surface area contributed by atoms with Gasteiger partial charge in [0.25, 0.3) is 5.91 Å². The third-order valence-electron chi connectivity index (χ3n) is 3.46. The predicted octanol–water partition coefficient (Wildman–Crippen LogP) is 4.11. The van der Waals surface area contributed by atoms with Gasteiger partial charge in [-0.05, 0) is 29.1 Å². The molecule has 0 bridgehead atoms. The second kappa shape index (κ2) is 7.62. The molecule has 0 aliphatic heterocycles. The van der Waals surface area contributed by atoms with E-state index in [1.807, 2.05) is 23.6 Å². The highest BCUT2D eigenvalue weighted by Gasteiger charge is 2.24. The van der Waals surface area contributed by atoms with Crippen molar-refractivity contribution >= 4 is 39.1 Å². The zero-order chi connectivity index (χ0) is 17.8. The van der Waals surface area contributed by atoms with Crippen LogP contribution in [-0.2, 0) is 4.79 Å². The van der Waals surface area contributed by atoms with Gasteiger partial charge in [-0.1, -0.05) is 34.1 Å². The molecule has 2 N–H and O–H groups in total. The molecule has 0 fully saturated rings. The number of carboxylic acids is 1. The van der Waals surface area contributed by atoms with Crippen molar-refractivity contribution < 1.29 is 19.1 Å². The Hall–Kier alpha value is -2.45. The molecule has 0 spiro atoms. The van der Waals surface area contributed by atoms with Crippen molar-refractivity contribution in [3.05, 3.63) is 63.9 Å². The van der Waals surface area contributed by atoms with Gasteiger partial charge in [0.2, 0.25) is 0 Å². The number of hydrogen-bond acceptors (Lipinski definition) is 5. The molecule has 0 unspecified atom stereocenters. The molecule has 8 heteroatoms. The minimum absolute atomic E-state index is 0.132. The zero-order valence-corrected chi connectivity index (χ0v) is 15.2. The Labute approximate surface area is 155 Å². The van der Waals surface area contributed by atoms with E-state index < -0.39 is 17.9 Å². The highest BCUT2D eigenvalue weighted by molar-refractivity contribution is 9.10. The maximum absolute atomic E-state index is 12.6. The number of amides is 1. The fourth-order valence-corrected chi connectivity index (χ4v) is 3.50. The van der Waals surface area contributed by atoms with Crippen LogP contribution in [0.25, 0.3) is 10.6 Å². The SMILES string of the molecule is O=C(O)C[C@H](NC(=O)c1ncoc1-c1cccs1)c1cccc(Br)c1. The number of oxazole rings is 1. The summed E-state index contributed by atoms with van der Waals surface area (Å²) in [6.07, 6.45) is 0.962. The standard InChI is InChI=1S/C17H13BrN2O4S/c18-11-4-1-3-10(7-11)12(8-14(21)22)20-17(23)15-16(24-9-19-15)13-5-2-6-25-13/h1-7,9,12H,8H2,(H,20,23)(H,21,22)/t12-/m0/s1. The molecule has 0 saturated carbocycles. The molecular weight excluding hydrogens is 408 g/mol. The van der Waals surface area contributed by atoms with E-state index in [0.29, 0.717) is 11.3 Å². The van der Waals surface area contributed by atoms with Crippen LogP contribution in [0.2, 0.25) is 0 Å². The van der Waals surface area contributed by atoms with Crippen LogP contribution in [0.15, 0.2) is 57.1 Å². The number of halogens is 1. The molecule has 1 amide bonds. The summed E-state index contributed by atoms with van der Waals surface area (Å²) in [5.41, 5.74) is 0.819. The number of hydrogen-bond donors (Lipinski definition) is 2. The van der Waals surface area contributed by atoms with Gasteiger partial charge in [0, 0.05) is 4.47 Å². The van der Waals surface area contributed by atoms with Crippen molar-refractivity contribution in [2.24, 2.45) is 0 Å². The minimum atomic E-state index is -1.01. The average molecular weight is 421 g/mol. The lowest BCUT2D eigenvalue weighted by molar-refractivity contribution is -0.137. The van der Waals surface area contributed by atoms with E-state index in [2.05, 4.69) is 26.2 Å². The van der Waals surface area contributed by atoms with Gasteiger partial charge < -0.3 is 14.8 Å². The van der Waals surface area contributed by atoms with Gasteiger partial charge in [0.1, 0.15) is 0 Å². The van der Waals surface area contributed by atoms with E-state index in [-0.39, 0.29) is 12.1 Å². The van der Waals surface area contributed by atoms with Gasteiger partial charge in [0.05, 0.1) is 17.3 Å². The number of benzene rings is 1. The molecule has 0 saturated heterocycles. The predicted molar refractivity (Wildman–Crippen MR) is 96.4 cm³/mol. The number of rotatable bonds is 6. The van der Waals surface area contributed by atoms with Crippen molar-refractivity contribution in [1.82, 2.24) is 10.3 Å². The quantitative estimate of drug-likeness (QED) is 0.625. The number of thiophene rings is 1. The van der Waals surface area contributed by atoms with Crippen LogP contribution in [0.4, 0.5) is 0 Å². The molecule has 3 rings (SSSR count). The van der Waals surface area contributed by atoms with E-state index in [1.54, 1.807) is 18.2 Å². The lowest BCUT2D eigenvalue weighted by Crippen LogP contribution is -2.30. The van der Waals surface area contributed by atoms with Crippen LogP contribution in [0.1, 0.15) is 28.5 Å². The highest BCUT2D eigenvalue weighted by Crippen LogP contribution is 2.28. The van der Waals surface area contributed by atoms with E-state index in [1.165, 1.54) is 17.7 Å². The normalized spacial score (nSPS) is 11.9. The number of carbonyl (C=O) groups is 2. The van der Waals surface area contributed by atoms with Crippen molar-refractivity contribution in [3.63, 3.8) is 0 Å². The summed E-state index contributed by atoms with van der Waals surface area (Å²) in [5.74, 6) is -1.12. The van der Waals surface area contributed by atoms with E-state index in [0.717, 1.165) is 9.35 Å². The Bertz CT molecular complexity index is 892. The molecule has 2 aromatic heterocycles. The van der Waals surface area contributed by atoms with Crippen LogP contribution >= 0.6 is 27.3 Å². The Kier molecular flexibility index (Phi) is 5.30. The van der Waals surface area contributed by atoms with Crippen LogP contribution in [0, 0.1) is 0 Å². The first kappa shape index (κ1) is 17.4. The zero-order valence-electron chi connectivity index (χ0n) is 12.8. The Balaban J connectivity index is 1.86. The molecular formula is C17H13BrN2O4S. The van der Waals surface area contributed by atoms with E-state index >= 15 is 0 Å². The second-order valence-corrected chi connectivity index (χ2v) is 7.05. The van der Waals surface area contributed by atoms with Gasteiger partial charge in [-0.3, -0.25) is 9.59 Å². The summed E-state index contributed by atoms with van der Waals surface area (Å²) in [6, 6.07) is 10.1. The topological polar surface area (TPSA) is 92.4 Å². The molecule has 2 heterocycles. The maximum atomic E-state index is 12.6. The smallest absolute Gasteiger partial charge is 0.305 e. The van der Waals surface area contributed by atoms with Gasteiger partial charge in [0.15, 0.2) is 17.8 Å². The maximum Gasteiger partial charge on any atom is 0.305 e. The highest BCUT2D eigenvalue weighted by atomic mass is 79.9. The van der Waals surface area contributed by atoms with Crippen LogP contribution < -0.4 is 5.32 Å². The fourth-order valence-electron chi connectivity index (χ4n) is 2.37. The monoisotopic (exact) mass is 420 g/mol. The molecule has 3 aromatic rings. The minimum Gasteiger partial charge on any atom is -0.481 e. The summed E-state index contributed by atoms with van der Waals surface area (Å²) < 4.78 is 6.13. The number of nitrogens with one attached hydrogen (secondary N) is 1. The lowest BCUT2D eigenvalue weighted by atomic mass is 10.0. The summed E-state index contributed by atoms with van der Waals surface area (Å²) in [5, 5.41) is 13.8. The summed E-state index contributed by atoms with van der Waals surface area (Å²) in [4.78, 5) is 28.6. The second-order valence-electron chi connectivity index (χ2n) is 5.19. The fraction of sp³-hybridized carbons (Fsp3) is 0.118. The Morgan fingerprint density at radius 1 is 1.32 bits per heavy atom. The molecule has 1 aromatic carbocycles. The molecule has 0 radical (unpaired) electrons. The largest absolute Gasteiger partial charge is 0.481 e. The number of aliphatic carboxylic acids is 1. The first-order valence-corrected chi connectivity index (χ1v) is 8.97. The van der Waals surface area contributed by atoms with Crippen molar-refractivity contribution in [2.45, 2.75) is 12.5 Å². The van der Waals surface area contributed by atoms with Gasteiger partial charge in [-0.25, -0.2) is 4.98 Å². The molecule has 25 heavy (non-hydrogen) atoms. The Morgan fingerprint density at radius 3 is 2.84 bits per heavy atom. The third-order valence-corrected chi connectivity index (χ3v) is 4.82. The van der Waals surface area contributed by atoms with Crippen LogP contribution in [-0.4, -0.2) is 22.0 Å². The van der Waals surface area contributed by atoms with E-state index in [9.17, 15) is 9.59 Å². The lowest BCUT2D eigenvalue weighted by Gasteiger charge is -2.17. The number of aromatic nitrogens is 1. The number of carboxylic acid groups (broad SMARTS) is 1. The number of nitrogens with zero attached hydrogens (tertiary/aromatic N) is 1. The van der Waals surface area contributed by atoms with Crippen molar-refractivity contribution in [3.8, 4) is 10.6 Å². The van der Waals surface area contributed by atoms with Crippen molar-refractivity contribution in [1.29, 1.82) is 0 Å². The molecule has 1 atom stereocenters. The van der Waals surface area contributed by atoms with Crippen molar-refractivity contribution in [2.75, 3.05) is 0 Å².